The number of methoxy groups -OCH3 is 1. The summed E-state index contributed by atoms with van der Waals surface area (Å²) < 4.78 is 87.0. The van der Waals surface area contributed by atoms with Crippen molar-refractivity contribution >= 4 is 57.0 Å². The first-order chi connectivity index (χ1) is 69.6. The van der Waals surface area contributed by atoms with Gasteiger partial charge in [-0.3, -0.25) is 43.7 Å². The summed E-state index contributed by atoms with van der Waals surface area (Å²) in [5.41, 5.74) is 17.0. The fourth-order valence-corrected chi connectivity index (χ4v) is 23.4. The topological polar surface area (TPSA) is 217 Å². The van der Waals surface area contributed by atoms with Gasteiger partial charge in [0.25, 0.3) is 23.6 Å². The Morgan fingerprint density at radius 2 is 1.17 bits per heavy atom. The molecule has 0 bridgehead atoms. The van der Waals surface area contributed by atoms with Crippen molar-refractivity contribution < 1.29 is 69.0 Å². The zero-order valence-corrected chi connectivity index (χ0v) is 89.5. The molecule has 4 amide bonds. The summed E-state index contributed by atoms with van der Waals surface area (Å²) in [6.45, 7) is 37.4. The van der Waals surface area contributed by atoms with Crippen LogP contribution in [0.1, 0.15) is 259 Å². The number of halogens is 7. The average Bonchev–Trinajstić information content (AvgIpc) is 0.830. The number of alkyl halides is 6. The number of anilines is 1. The smallest absolute Gasteiger partial charge is 0.416 e. The lowest BCUT2D eigenvalue weighted by atomic mass is 9.82. The van der Waals surface area contributed by atoms with E-state index in [-0.39, 0.29) is 58.9 Å². The monoisotopic (exact) mass is 2070 g/mol. The minimum Gasteiger partial charge on any atom is -0.619 e. The predicted molar refractivity (Wildman–Crippen MR) is 566 cm³/mol. The number of quaternary nitrogens is 1. The number of oxime groups is 1. The number of hydrogen-bond donors (Lipinski definition) is 1. The van der Waals surface area contributed by atoms with Crippen molar-refractivity contribution in [2.45, 2.75) is 252 Å². The minimum atomic E-state index is -4.35. The Kier molecular flexibility index (Phi) is 37.3. The van der Waals surface area contributed by atoms with E-state index in [2.05, 4.69) is 214 Å². The van der Waals surface area contributed by atoms with Gasteiger partial charge in [-0.15, -0.1) is 0 Å². The summed E-state index contributed by atoms with van der Waals surface area (Å²) in [4.78, 5) is 84.3. The van der Waals surface area contributed by atoms with Crippen molar-refractivity contribution in [2.24, 2.45) is 11.1 Å². The van der Waals surface area contributed by atoms with Crippen LogP contribution >= 0.6 is 15.9 Å². The first kappa shape index (κ1) is 111. The van der Waals surface area contributed by atoms with Crippen molar-refractivity contribution in [1.29, 1.82) is 0 Å². The fourth-order valence-electron chi connectivity index (χ4n) is 23.1. The molecule has 784 valence electrons. The molecule has 0 spiro atoms. The number of fused-ring (bicyclic) bond motifs is 1. The van der Waals surface area contributed by atoms with E-state index >= 15 is 0 Å². The molecule has 6 saturated heterocycles. The van der Waals surface area contributed by atoms with Crippen LogP contribution < -0.4 is 14.8 Å². The van der Waals surface area contributed by atoms with Gasteiger partial charge in [0, 0.05) is 178 Å². The number of aryl methyl sites for hydroxylation is 6. The van der Waals surface area contributed by atoms with Gasteiger partial charge >= 0.3 is 12.4 Å². The highest BCUT2D eigenvalue weighted by Crippen LogP contribution is 2.42. The van der Waals surface area contributed by atoms with E-state index in [1.807, 2.05) is 35.5 Å². The normalized spacial score (nSPS) is 19.9. The number of piperidine rings is 4. The first-order valence-corrected chi connectivity index (χ1v) is 53.1. The molecule has 3 aromatic heterocycles. The van der Waals surface area contributed by atoms with Crippen LogP contribution in [0.3, 0.4) is 0 Å². The number of hydrogen-bond acceptors (Lipinski definition) is 16. The predicted octanol–water partition coefficient (Wildman–Crippen LogP) is 21.3. The maximum Gasteiger partial charge on any atom is 0.416 e. The minimum absolute atomic E-state index is 0.0105. The van der Waals surface area contributed by atoms with Crippen molar-refractivity contribution in [2.75, 3.05) is 131 Å². The Morgan fingerprint density at radius 1 is 0.603 bits per heavy atom. The van der Waals surface area contributed by atoms with Crippen LogP contribution in [0.25, 0.3) is 17.2 Å². The second kappa shape index (κ2) is 49.1. The maximum atomic E-state index is 13.3. The summed E-state index contributed by atoms with van der Waals surface area (Å²) >= 11 is 3.52. The lowest BCUT2D eigenvalue weighted by molar-refractivity contribution is -0.929. The molecule has 30 heteroatoms. The average molecular weight is 2080 g/mol. The van der Waals surface area contributed by atoms with Gasteiger partial charge in [0.1, 0.15) is 25.0 Å². The van der Waals surface area contributed by atoms with Gasteiger partial charge in [-0.2, -0.15) is 35.8 Å². The van der Waals surface area contributed by atoms with Gasteiger partial charge in [-0.05, 0) is 291 Å². The van der Waals surface area contributed by atoms with E-state index in [0.717, 1.165) is 205 Å². The van der Waals surface area contributed by atoms with Crippen LogP contribution in [0.15, 0.2) is 192 Å². The lowest BCUT2D eigenvalue weighted by Gasteiger charge is -2.52. The number of ether oxygens (including phenoxy) is 1. The van der Waals surface area contributed by atoms with Gasteiger partial charge in [-0.25, -0.2) is 9.97 Å². The Balaban J connectivity index is 0.000000154. The van der Waals surface area contributed by atoms with Crippen molar-refractivity contribution in [3.05, 3.63) is 292 Å². The second-order valence-electron chi connectivity index (χ2n) is 42.6. The second-order valence-corrected chi connectivity index (χ2v) is 43.5. The van der Waals surface area contributed by atoms with Crippen LogP contribution in [0.2, 0.25) is 0 Å². The number of piperazine rings is 2. The van der Waals surface area contributed by atoms with Crippen molar-refractivity contribution in [3.63, 3.8) is 0 Å². The van der Waals surface area contributed by atoms with E-state index in [4.69, 9.17) is 9.57 Å². The highest BCUT2D eigenvalue weighted by Gasteiger charge is 2.45. The van der Waals surface area contributed by atoms with E-state index in [1.54, 1.807) is 64.4 Å². The van der Waals surface area contributed by atoms with Gasteiger partial charge in [-0.1, -0.05) is 118 Å². The third-order valence-corrected chi connectivity index (χ3v) is 32.8. The Morgan fingerprint density at radius 3 is 1.75 bits per heavy atom. The highest BCUT2D eigenvalue weighted by atomic mass is 79.9. The van der Waals surface area contributed by atoms with E-state index in [9.17, 15) is 55.9 Å². The molecule has 17 rings (SSSR count). The molecule has 0 unspecified atom stereocenters. The number of carbonyl (C=O) groups is 4. The van der Waals surface area contributed by atoms with Gasteiger partial charge < -0.3 is 44.5 Å². The molecule has 1 saturated carbocycles. The number of nitrogens with zero attached hydrogens (tertiary/aromatic N) is 14. The Hall–Kier alpha value is -10.8. The SMILES string of the molecule is CCO/N=C(\c1ccc(Br)cc1)C1CCN(C2(C)CCN(C(=O)c3c(C)cc[n+]([O-])c3C)CC2)CC1.COC[C@@H](c1ccc(C(F)(F)F)cc1)N1CCN(C2CCN(C(=O)c3cncnc3C)CC2)C[C@@H]1C.Cc1c[n+]([O-])cc(C)c1C(=O)N1CCC(C)(N2CCN([C@@H](C)c3ccc(C(F)(F)F)cc3)[C@@H](C)C2)CC1.Cc1ccc(-c2ccc3c(c2)C=C(C(=O)Nc2ccc(C[N+](C)(C)C4CCCCC4)cc2)CCC3)cc1. The number of pyridine rings is 2. The van der Waals surface area contributed by atoms with Crippen LogP contribution in [-0.4, -0.2) is 244 Å². The molecule has 9 aromatic rings. The zero-order valence-electron chi connectivity index (χ0n) is 87.9. The molecular weight excluding hydrogens is 1930 g/mol. The number of likely N-dealkylation sites (tertiary alicyclic amines) is 4. The molecule has 6 aliphatic heterocycles. The molecule has 8 aliphatic rings. The third-order valence-electron chi connectivity index (χ3n) is 32.3. The largest absolute Gasteiger partial charge is 0.619 e. The lowest BCUT2D eigenvalue weighted by Crippen LogP contribution is -2.62. The fraction of sp³-hybridized carbons (Fsp3) is 0.509. The number of carbonyl (C=O) groups excluding carboxylic acids is 4. The maximum absolute atomic E-state index is 13.3. The summed E-state index contributed by atoms with van der Waals surface area (Å²) in [6.07, 6.45) is 17.9. The molecule has 2 aliphatic carbocycles. The van der Waals surface area contributed by atoms with Gasteiger partial charge in [0.05, 0.1) is 66.4 Å². The highest BCUT2D eigenvalue weighted by molar-refractivity contribution is 9.10. The Labute approximate surface area is 867 Å². The number of aromatic nitrogens is 4. The standard InChI is InChI=1S/C34H40N2O.C28H37BrN4O3.C28H37F3N4O2.C26H34F3N5O2/c1-25-12-16-28(17-13-25)29-19-18-27-8-7-9-30(23-31(27)22-29)34(37)35-32-20-14-26(15-21-32)24-36(2,3)33-10-5-4-6-11-33;1-5-36-30-26(22-6-8-24(29)9-7-22)23-11-15-32(16-12-23)28(4)13-18-31(19-14-28)27(34)25-20(2)10-17-33(35)21(25)3;1-19-16-34(37)17-20(2)25(19)26(36)32-12-10-27(5,11-13-32)33-14-15-35(21(3)18-33)22(4)23-6-8-24(9-7-23)28(29,30)31;1-18-15-33(22-8-10-32(11-9-22)25(35)23-14-30-17-31-19(23)2)12-13-34(18)24(16-36-3)20-4-6-21(7-5-20)26(27,28)29/h12-23,33H,4-11,24H2,1-3H3;6-10,17,23H,5,11-16,18-19H2,1-4H3;6-9,16-17,21-22H,10-15,18H2,1-5H3;4-7,14,17-18,22,24H,8-13,15-16H2,1-3H3/p+1/b;30-26+;;/t;;21-,22-;18-,24-/m..00/s1. The van der Waals surface area contributed by atoms with E-state index in [0.29, 0.717) is 104 Å². The number of benzene rings is 6. The Bertz CT molecular complexity index is 5950. The van der Waals surface area contributed by atoms with E-state index < -0.39 is 23.5 Å². The van der Waals surface area contributed by atoms with Crippen LogP contribution in [0.4, 0.5) is 32.0 Å². The molecule has 1 N–H and O–H groups in total. The molecule has 7 fully saturated rings. The molecule has 6 aromatic carbocycles. The summed E-state index contributed by atoms with van der Waals surface area (Å²) in [5.74, 6) is 0.328. The molecule has 146 heavy (non-hydrogen) atoms. The van der Waals surface area contributed by atoms with Crippen LogP contribution in [0, 0.1) is 57.9 Å². The summed E-state index contributed by atoms with van der Waals surface area (Å²) in [7, 11) is 6.36. The summed E-state index contributed by atoms with van der Waals surface area (Å²) in [6, 6.07) is 46.3. The third kappa shape index (κ3) is 27.6. The van der Waals surface area contributed by atoms with Crippen molar-refractivity contribution in [3.8, 4) is 11.1 Å². The first-order valence-electron chi connectivity index (χ1n) is 52.3. The molecule has 9 heterocycles. The van der Waals surface area contributed by atoms with Gasteiger partial charge in [0.15, 0.2) is 18.6 Å². The molecule has 0 radical (unpaired) electrons. The van der Waals surface area contributed by atoms with Crippen LogP contribution in [-0.2, 0) is 39.7 Å². The van der Waals surface area contributed by atoms with E-state index in [1.165, 1.54) is 103 Å². The quantitative estimate of drug-likeness (QED) is 0.0167. The van der Waals surface area contributed by atoms with Gasteiger partial charge in [0.2, 0.25) is 5.69 Å². The molecular formula is C116H149BrF6N15O8+. The number of nitrogens with one attached hydrogen (secondary N) is 1. The summed E-state index contributed by atoms with van der Waals surface area (Å²) in [5, 5.41) is 31.4. The zero-order chi connectivity index (χ0) is 105. The van der Waals surface area contributed by atoms with Crippen molar-refractivity contribution in [1.82, 2.24) is 49.2 Å². The molecule has 4 atom stereocenters. The number of rotatable bonds is 22. The number of amides is 4. The van der Waals surface area contributed by atoms with Crippen LogP contribution in [0.5, 0.6) is 0 Å². The molecule has 23 nitrogen and oxygen atoms in total.